The van der Waals surface area contributed by atoms with Crippen LogP contribution in [-0.4, -0.2) is 99.3 Å². The number of ether oxygens (including phenoxy) is 2. The first-order chi connectivity index (χ1) is 18.3. The van der Waals surface area contributed by atoms with Gasteiger partial charge in [0.25, 0.3) is 0 Å². The van der Waals surface area contributed by atoms with Gasteiger partial charge in [0.2, 0.25) is 11.8 Å². The summed E-state index contributed by atoms with van der Waals surface area (Å²) >= 11 is 0. The zero-order valence-corrected chi connectivity index (χ0v) is 22.9. The van der Waals surface area contributed by atoms with Crippen molar-refractivity contribution in [3.8, 4) is 0 Å². The van der Waals surface area contributed by atoms with Crippen molar-refractivity contribution in [1.82, 2.24) is 9.80 Å². The van der Waals surface area contributed by atoms with Gasteiger partial charge in [-0.25, -0.2) is 0 Å². The third-order valence-electron chi connectivity index (χ3n) is 4.98. The molecule has 1 aromatic carbocycles. The monoisotopic (exact) mass is 542 g/mol. The second kappa shape index (κ2) is 24.2. The Hall–Kier alpha value is -3.10. The van der Waals surface area contributed by atoms with Crippen LogP contribution in [0.5, 0.6) is 0 Å². The van der Waals surface area contributed by atoms with E-state index in [0.717, 1.165) is 18.2 Å². The number of esters is 2. The molecule has 0 atom stereocenters. The molecule has 0 saturated heterocycles. The van der Waals surface area contributed by atoms with E-state index < -0.39 is 11.9 Å². The predicted molar refractivity (Wildman–Crippen MR) is 144 cm³/mol. The number of methoxy groups -OCH3 is 2. The zero-order valence-electron chi connectivity index (χ0n) is 22.9. The molecule has 0 spiro atoms. The van der Waals surface area contributed by atoms with Gasteiger partial charge in [-0.15, -0.1) is 0 Å². The largest absolute Gasteiger partial charge is 0.469 e. The number of aliphatic hydroxyl groups excluding tert-OH is 1. The minimum absolute atomic E-state index is 0.0241. The average Bonchev–Trinajstić information content (AvgIpc) is 2.95. The third-order valence-corrected chi connectivity index (χ3v) is 4.98. The van der Waals surface area contributed by atoms with E-state index in [9.17, 15) is 19.2 Å². The highest BCUT2D eigenvalue weighted by Crippen LogP contribution is 2.12. The lowest BCUT2D eigenvalue weighted by Gasteiger charge is -2.23. The van der Waals surface area contributed by atoms with E-state index in [1.54, 1.807) is 9.80 Å². The molecule has 2 amide bonds. The van der Waals surface area contributed by atoms with Crippen LogP contribution in [0.1, 0.15) is 36.8 Å². The lowest BCUT2D eigenvalue weighted by molar-refractivity contribution is -0.144. The quantitative estimate of drug-likeness (QED) is 0.164. The Morgan fingerprint density at radius 2 is 0.947 bits per heavy atom. The summed E-state index contributed by atoms with van der Waals surface area (Å²) in [6, 6.07) is 7.52. The fourth-order valence-corrected chi connectivity index (χ4v) is 3.02. The summed E-state index contributed by atoms with van der Waals surface area (Å²) in [4.78, 5) is 50.6. The van der Waals surface area contributed by atoms with Crippen LogP contribution >= 0.6 is 0 Å². The number of hydrogen-bond acceptors (Lipinski definition) is 11. The Morgan fingerprint density at radius 3 is 1.18 bits per heavy atom. The first-order valence-electron chi connectivity index (χ1n) is 12.3. The van der Waals surface area contributed by atoms with Gasteiger partial charge in [0.05, 0.1) is 27.1 Å². The van der Waals surface area contributed by atoms with Crippen molar-refractivity contribution in [2.24, 2.45) is 22.9 Å². The minimum atomic E-state index is -0.432. The summed E-state index contributed by atoms with van der Waals surface area (Å²) in [5.74, 6) is -1.21. The van der Waals surface area contributed by atoms with Crippen molar-refractivity contribution in [3.05, 3.63) is 35.4 Å². The van der Waals surface area contributed by atoms with E-state index in [0.29, 0.717) is 52.4 Å². The van der Waals surface area contributed by atoms with Gasteiger partial charge in [-0.05, 0) is 11.1 Å². The molecule has 0 aliphatic rings. The summed E-state index contributed by atoms with van der Waals surface area (Å²) in [7, 11) is 3.57. The molecule has 0 fully saturated rings. The SMILES string of the molecule is CO.COC(=O)CCC(=O)N(CCN)Cc1ccc(CN(CCN)C(=O)CCC(=O)OC)cc1.NCCN. The van der Waals surface area contributed by atoms with E-state index in [1.165, 1.54) is 14.2 Å². The summed E-state index contributed by atoms with van der Waals surface area (Å²) in [6.45, 7) is 3.29. The van der Waals surface area contributed by atoms with E-state index in [1.807, 2.05) is 24.3 Å². The van der Waals surface area contributed by atoms with E-state index in [2.05, 4.69) is 9.47 Å². The van der Waals surface area contributed by atoms with Crippen LogP contribution in [0.15, 0.2) is 24.3 Å². The molecule has 0 aliphatic heterocycles. The van der Waals surface area contributed by atoms with Crippen molar-refractivity contribution in [2.45, 2.75) is 38.8 Å². The average molecular weight is 543 g/mol. The summed E-state index contributed by atoms with van der Waals surface area (Å²) in [5.41, 5.74) is 22.9. The van der Waals surface area contributed by atoms with Gasteiger partial charge in [0, 0.05) is 72.3 Å². The Labute approximate surface area is 225 Å². The molecular weight excluding hydrogens is 496 g/mol. The smallest absolute Gasteiger partial charge is 0.306 e. The van der Waals surface area contributed by atoms with Crippen molar-refractivity contribution < 1.29 is 33.8 Å². The number of hydrogen-bond donors (Lipinski definition) is 5. The standard InChI is InChI=1S/C22H34N4O6.C2H8N2.CH4O/c1-31-21(29)9-7-19(27)25(13-11-23)15-17-3-5-18(6-4-17)16-26(14-12-24)20(28)8-10-22(30)32-2;3-1-2-4;1-2/h3-6H,7-16,23-24H2,1-2H3;1-4H2;2H,1H3. The minimum Gasteiger partial charge on any atom is -0.469 e. The Balaban J connectivity index is 0. The molecule has 1 rings (SSSR count). The number of benzene rings is 1. The molecule has 13 nitrogen and oxygen atoms in total. The topological polar surface area (TPSA) is 218 Å². The fourth-order valence-electron chi connectivity index (χ4n) is 3.02. The van der Waals surface area contributed by atoms with Gasteiger partial charge in [-0.1, -0.05) is 24.3 Å². The zero-order chi connectivity index (χ0) is 29.3. The highest BCUT2D eigenvalue weighted by Gasteiger charge is 2.17. The number of nitrogens with two attached hydrogens (primary N) is 4. The van der Waals surface area contributed by atoms with Gasteiger partial charge >= 0.3 is 11.9 Å². The number of nitrogens with zero attached hydrogens (tertiary/aromatic N) is 2. The fraction of sp³-hybridized carbons (Fsp3) is 0.600. The number of rotatable bonds is 15. The van der Waals surface area contributed by atoms with Crippen LogP contribution in [0.3, 0.4) is 0 Å². The summed E-state index contributed by atoms with van der Waals surface area (Å²) < 4.78 is 9.15. The van der Waals surface area contributed by atoms with E-state index in [-0.39, 0.29) is 37.5 Å². The van der Waals surface area contributed by atoms with Crippen molar-refractivity contribution >= 4 is 23.8 Å². The van der Waals surface area contributed by atoms with Crippen molar-refractivity contribution in [3.63, 3.8) is 0 Å². The molecule has 0 radical (unpaired) electrons. The first kappa shape index (κ1) is 37.1. The molecule has 0 saturated carbocycles. The molecule has 218 valence electrons. The van der Waals surface area contributed by atoms with Crippen molar-refractivity contribution in [2.75, 3.05) is 60.6 Å². The molecule has 13 heteroatoms. The summed E-state index contributed by atoms with van der Waals surface area (Å²) in [5, 5.41) is 7.00. The van der Waals surface area contributed by atoms with Gasteiger partial charge in [-0.2, -0.15) is 0 Å². The maximum atomic E-state index is 12.4. The predicted octanol–water partition coefficient (Wildman–Crippen LogP) is -1.32. The molecule has 0 aliphatic carbocycles. The number of carbonyl (C=O) groups is 4. The Kier molecular flexibility index (Phi) is 23.6. The van der Waals surface area contributed by atoms with Gasteiger partial charge in [-0.3, -0.25) is 19.2 Å². The maximum absolute atomic E-state index is 12.4. The number of aliphatic hydroxyl groups is 1. The van der Waals surface area contributed by atoms with Gasteiger partial charge in [0.1, 0.15) is 0 Å². The third kappa shape index (κ3) is 17.4. The lowest BCUT2D eigenvalue weighted by atomic mass is 10.1. The van der Waals surface area contributed by atoms with Gasteiger partial charge in [0.15, 0.2) is 0 Å². The highest BCUT2D eigenvalue weighted by atomic mass is 16.5. The molecule has 0 aromatic heterocycles. The number of amides is 2. The van der Waals surface area contributed by atoms with Gasteiger partial charge < -0.3 is 47.3 Å². The maximum Gasteiger partial charge on any atom is 0.306 e. The highest BCUT2D eigenvalue weighted by molar-refractivity contribution is 5.82. The van der Waals surface area contributed by atoms with Crippen molar-refractivity contribution in [1.29, 1.82) is 0 Å². The van der Waals surface area contributed by atoms with Crippen LogP contribution in [-0.2, 0) is 41.7 Å². The molecule has 1 aromatic rings. The molecule has 38 heavy (non-hydrogen) atoms. The molecule has 0 heterocycles. The summed E-state index contributed by atoms with van der Waals surface area (Å²) in [6.07, 6.45) is 0.172. The Bertz CT molecular complexity index is 728. The molecule has 9 N–H and O–H groups in total. The Morgan fingerprint density at radius 1 is 0.632 bits per heavy atom. The first-order valence-corrected chi connectivity index (χ1v) is 12.3. The van der Waals surface area contributed by atoms with Crippen LogP contribution in [0.4, 0.5) is 0 Å². The number of carbonyl (C=O) groups excluding carboxylic acids is 4. The second-order valence-corrected chi connectivity index (χ2v) is 7.75. The normalized spacial score (nSPS) is 9.68. The van der Waals surface area contributed by atoms with E-state index >= 15 is 0 Å². The van der Waals surface area contributed by atoms with Crippen LogP contribution < -0.4 is 22.9 Å². The van der Waals surface area contributed by atoms with E-state index in [4.69, 9.17) is 28.0 Å². The molecular formula is C25H46N6O7. The van der Waals surface area contributed by atoms with Crippen LogP contribution in [0.2, 0.25) is 0 Å². The second-order valence-electron chi connectivity index (χ2n) is 7.75. The van der Waals surface area contributed by atoms with Crippen LogP contribution in [0, 0.1) is 0 Å². The molecule has 0 bridgehead atoms. The molecule has 0 unspecified atom stereocenters. The van der Waals surface area contributed by atoms with Crippen LogP contribution in [0.25, 0.3) is 0 Å². The lowest BCUT2D eigenvalue weighted by Crippen LogP contribution is -2.35.